The van der Waals surface area contributed by atoms with Crippen LogP contribution in [-0.4, -0.2) is 42.5 Å². The minimum atomic E-state index is -0.335. The zero-order chi connectivity index (χ0) is 17.3. The van der Waals surface area contributed by atoms with Crippen LogP contribution in [0.25, 0.3) is 0 Å². The second kappa shape index (κ2) is 6.60. The van der Waals surface area contributed by atoms with Crippen LogP contribution in [0.1, 0.15) is 30.4 Å². The summed E-state index contributed by atoms with van der Waals surface area (Å²) in [6, 6.07) is 12.4. The van der Waals surface area contributed by atoms with Crippen LogP contribution < -0.4 is 4.90 Å². The van der Waals surface area contributed by atoms with Crippen molar-refractivity contribution in [3.8, 4) is 0 Å². The predicted molar refractivity (Wildman–Crippen MR) is 99.8 cm³/mol. The summed E-state index contributed by atoms with van der Waals surface area (Å²) in [6.07, 6.45) is 7.96. The van der Waals surface area contributed by atoms with Crippen LogP contribution in [0.5, 0.6) is 0 Å². The molecule has 2 aromatic rings. The Bertz CT molecular complexity index is 761. The lowest BCUT2D eigenvalue weighted by molar-refractivity contribution is -0.124. The van der Waals surface area contributed by atoms with E-state index in [1.807, 2.05) is 36.5 Å². The molecule has 0 radical (unpaired) electrons. The van der Waals surface area contributed by atoms with Gasteiger partial charge in [0.25, 0.3) is 0 Å². The van der Waals surface area contributed by atoms with Gasteiger partial charge in [-0.2, -0.15) is 0 Å². The van der Waals surface area contributed by atoms with E-state index in [1.165, 1.54) is 11.1 Å². The topological polar surface area (TPSA) is 36.4 Å². The van der Waals surface area contributed by atoms with Gasteiger partial charge >= 0.3 is 0 Å². The maximum atomic E-state index is 13.1. The Morgan fingerprint density at radius 2 is 2.08 bits per heavy atom. The van der Waals surface area contributed by atoms with Gasteiger partial charge in [0.2, 0.25) is 5.91 Å². The summed E-state index contributed by atoms with van der Waals surface area (Å²) < 4.78 is 0. The number of carbonyl (C=O) groups is 1. The molecule has 2 aliphatic rings. The molecule has 0 aliphatic carbocycles. The fourth-order valence-electron chi connectivity index (χ4n) is 4.50. The van der Waals surface area contributed by atoms with Crippen LogP contribution in [0, 0.1) is 0 Å². The molecule has 1 atom stereocenters. The van der Waals surface area contributed by atoms with Crippen LogP contribution in [0.15, 0.2) is 48.8 Å². The van der Waals surface area contributed by atoms with E-state index in [-0.39, 0.29) is 11.3 Å². The summed E-state index contributed by atoms with van der Waals surface area (Å²) >= 11 is 0. The number of carbonyl (C=O) groups excluding carboxylic acids is 1. The third-order valence-corrected chi connectivity index (χ3v) is 5.73. The minimum Gasteiger partial charge on any atom is -0.314 e. The summed E-state index contributed by atoms with van der Waals surface area (Å²) in [5.41, 5.74) is 3.26. The Kier molecular flexibility index (Phi) is 4.30. The van der Waals surface area contributed by atoms with Crippen molar-refractivity contribution >= 4 is 11.6 Å². The number of nitrogens with zero attached hydrogens (tertiary/aromatic N) is 3. The van der Waals surface area contributed by atoms with Crippen LogP contribution in [-0.2, 0) is 16.6 Å². The molecule has 1 spiro atoms. The van der Waals surface area contributed by atoms with Crippen molar-refractivity contribution in [1.82, 2.24) is 9.88 Å². The highest BCUT2D eigenvalue weighted by Crippen LogP contribution is 2.46. The fraction of sp³-hybridized carbons (Fsp3) is 0.429. The average molecular weight is 335 g/mol. The molecule has 4 nitrogen and oxygen atoms in total. The number of aryl methyl sites for hydroxylation is 1. The molecule has 1 aromatic carbocycles. The fourth-order valence-corrected chi connectivity index (χ4v) is 4.50. The van der Waals surface area contributed by atoms with Gasteiger partial charge in [0.05, 0.1) is 5.41 Å². The van der Waals surface area contributed by atoms with Crippen LogP contribution in [0.2, 0.25) is 0 Å². The highest BCUT2D eigenvalue weighted by molar-refractivity contribution is 6.08. The third kappa shape index (κ3) is 2.85. The normalized spacial score (nSPS) is 23.2. The van der Waals surface area contributed by atoms with E-state index < -0.39 is 0 Å². The quantitative estimate of drug-likeness (QED) is 0.862. The zero-order valence-electron chi connectivity index (χ0n) is 14.8. The van der Waals surface area contributed by atoms with E-state index in [4.69, 9.17) is 0 Å². The highest BCUT2D eigenvalue weighted by atomic mass is 16.2. The van der Waals surface area contributed by atoms with Crippen molar-refractivity contribution < 1.29 is 4.79 Å². The monoisotopic (exact) mass is 335 g/mol. The molecular weight excluding hydrogens is 310 g/mol. The first kappa shape index (κ1) is 16.3. The molecule has 0 unspecified atom stereocenters. The molecule has 25 heavy (non-hydrogen) atoms. The lowest BCUT2D eigenvalue weighted by Crippen LogP contribution is -2.51. The summed E-state index contributed by atoms with van der Waals surface area (Å²) in [5.74, 6) is 0.269. The Hall–Kier alpha value is -2.20. The molecular formula is C21H25N3O. The summed E-state index contributed by atoms with van der Waals surface area (Å²) in [6.45, 7) is 2.98. The molecule has 1 aromatic heterocycles. The molecule has 1 saturated heterocycles. The van der Waals surface area contributed by atoms with Gasteiger partial charge in [-0.25, -0.2) is 0 Å². The zero-order valence-corrected chi connectivity index (χ0v) is 14.8. The lowest BCUT2D eigenvalue weighted by Gasteiger charge is -2.39. The molecule has 130 valence electrons. The number of likely N-dealkylation sites (tertiary alicyclic amines) is 1. The number of piperidine rings is 1. The summed E-state index contributed by atoms with van der Waals surface area (Å²) in [4.78, 5) is 21.6. The van der Waals surface area contributed by atoms with E-state index in [1.54, 1.807) is 0 Å². The Balaban J connectivity index is 1.47. The van der Waals surface area contributed by atoms with Crippen molar-refractivity contribution in [3.63, 3.8) is 0 Å². The summed E-state index contributed by atoms with van der Waals surface area (Å²) in [7, 11) is 1.91. The SMILES string of the molecule is CN1C(=O)[C@]2(CCCN(CCCc3cccnc3)C2)c2ccccc21. The Morgan fingerprint density at radius 3 is 2.92 bits per heavy atom. The van der Waals surface area contributed by atoms with E-state index in [0.29, 0.717) is 0 Å². The molecule has 1 fully saturated rings. The highest BCUT2D eigenvalue weighted by Gasteiger charge is 2.51. The van der Waals surface area contributed by atoms with Crippen LogP contribution in [0.3, 0.4) is 0 Å². The number of fused-ring (bicyclic) bond motifs is 2. The number of hydrogen-bond donors (Lipinski definition) is 0. The minimum absolute atomic E-state index is 0.269. The predicted octanol–water partition coefficient (Wildman–Crippen LogP) is 3.02. The van der Waals surface area contributed by atoms with Crippen molar-refractivity contribution in [3.05, 3.63) is 59.9 Å². The maximum absolute atomic E-state index is 13.1. The largest absolute Gasteiger partial charge is 0.314 e. The number of anilines is 1. The number of aromatic nitrogens is 1. The first-order valence-electron chi connectivity index (χ1n) is 9.20. The van der Waals surface area contributed by atoms with E-state index in [9.17, 15) is 4.79 Å². The molecule has 1 amide bonds. The number of likely N-dealkylation sites (N-methyl/N-ethyl adjacent to an activating group) is 1. The smallest absolute Gasteiger partial charge is 0.238 e. The Labute approximate surface area is 149 Å². The van der Waals surface area contributed by atoms with Gasteiger partial charge in [-0.1, -0.05) is 24.3 Å². The molecule has 3 heterocycles. The number of para-hydroxylation sites is 1. The molecule has 2 aliphatic heterocycles. The van der Waals surface area contributed by atoms with Gasteiger partial charge in [-0.05, 0) is 62.0 Å². The van der Waals surface area contributed by atoms with Gasteiger partial charge in [0.15, 0.2) is 0 Å². The summed E-state index contributed by atoms with van der Waals surface area (Å²) in [5, 5.41) is 0. The standard InChI is InChI=1S/C21H25N3O/c1-23-19-10-3-2-9-18(19)21(20(23)25)11-6-14-24(16-21)13-5-8-17-7-4-12-22-15-17/h2-4,7,9-10,12,15H,5-6,8,11,13-14,16H2,1H3/t21-/m0/s1. The van der Waals surface area contributed by atoms with E-state index >= 15 is 0 Å². The van der Waals surface area contributed by atoms with Gasteiger partial charge < -0.3 is 9.80 Å². The first-order valence-corrected chi connectivity index (χ1v) is 9.20. The lowest BCUT2D eigenvalue weighted by atomic mass is 9.75. The van der Waals surface area contributed by atoms with Gasteiger partial charge in [-0.3, -0.25) is 9.78 Å². The number of amides is 1. The third-order valence-electron chi connectivity index (χ3n) is 5.73. The van der Waals surface area contributed by atoms with Crippen molar-refractivity contribution in [2.75, 3.05) is 31.6 Å². The Morgan fingerprint density at radius 1 is 1.20 bits per heavy atom. The van der Waals surface area contributed by atoms with Crippen LogP contribution in [0.4, 0.5) is 5.69 Å². The van der Waals surface area contributed by atoms with Crippen molar-refractivity contribution in [2.45, 2.75) is 31.1 Å². The second-order valence-electron chi connectivity index (χ2n) is 7.31. The van der Waals surface area contributed by atoms with Gasteiger partial charge in [0, 0.05) is 31.7 Å². The van der Waals surface area contributed by atoms with Gasteiger partial charge in [-0.15, -0.1) is 0 Å². The van der Waals surface area contributed by atoms with E-state index in [0.717, 1.165) is 51.0 Å². The van der Waals surface area contributed by atoms with Crippen molar-refractivity contribution in [2.24, 2.45) is 0 Å². The van der Waals surface area contributed by atoms with Crippen molar-refractivity contribution in [1.29, 1.82) is 0 Å². The van der Waals surface area contributed by atoms with Gasteiger partial charge in [0.1, 0.15) is 0 Å². The first-order chi connectivity index (χ1) is 12.2. The molecule has 4 heteroatoms. The maximum Gasteiger partial charge on any atom is 0.238 e. The molecule has 0 saturated carbocycles. The average Bonchev–Trinajstić information content (AvgIpc) is 2.86. The number of pyridine rings is 1. The van der Waals surface area contributed by atoms with Crippen LogP contribution >= 0.6 is 0 Å². The van der Waals surface area contributed by atoms with E-state index in [2.05, 4.69) is 34.1 Å². The second-order valence-corrected chi connectivity index (χ2v) is 7.31. The molecule has 4 rings (SSSR count). The number of rotatable bonds is 4. The molecule has 0 N–H and O–H groups in total. The number of hydrogen-bond acceptors (Lipinski definition) is 3. The molecule has 0 bridgehead atoms. The number of benzene rings is 1.